The molecular formula is C25H22N6O2. The van der Waals surface area contributed by atoms with Gasteiger partial charge in [-0.25, -0.2) is 0 Å². The standard InChI is InChI=1S/C25H22N6O2/c26-14-17-2-1-3-18(12-17)15-31-10-11-33-23(16-31)25(32)28-20-4-5-22-21(13-20)24(30-29-22)19-6-8-27-9-7-19/h1-9,12-13,23H,10-11,15-16H2,(H,28,32)(H,29,30). The Bertz CT molecular complexity index is 1330. The molecule has 4 aromatic rings. The van der Waals surface area contributed by atoms with E-state index < -0.39 is 6.10 Å². The first-order valence-corrected chi connectivity index (χ1v) is 10.7. The zero-order valence-corrected chi connectivity index (χ0v) is 17.9. The molecular weight excluding hydrogens is 416 g/mol. The highest BCUT2D eigenvalue weighted by Gasteiger charge is 2.27. The number of aromatic nitrogens is 3. The van der Waals surface area contributed by atoms with Gasteiger partial charge >= 0.3 is 0 Å². The summed E-state index contributed by atoms with van der Waals surface area (Å²) in [6, 6.07) is 19.2. The smallest absolute Gasteiger partial charge is 0.254 e. The number of ether oxygens (including phenoxy) is 1. The Morgan fingerprint density at radius 3 is 2.94 bits per heavy atom. The van der Waals surface area contributed by atoms with Gasteiger partial charge in [0.25, 0.3) is 5.91 Å². The fourth-order valence-electron chi connectivity index (χ4n) is 4.05. The van der Waals surface area contributed by atoms with Gasteiger partial charge in [-0.05, 0) is 48.0 Å². The summed E-state index contributed by atoms with van der Waals surface area (Å²) in [5.41, 5.74) is 5.01. The second-order valence-corrected chi connectivity index (χ2v) is 7.96. The van der Waals surface area contributed by atoms with Crippen LogP contribution in [0.3, 0.4) is 0 Å². The third kappa shape index (κ3) is 4.60. The van der Waals surface area contributed by atoms with Gasteiger partial charge in [-0.2, -0.15) is 10.4 Å². The van der Waals surface area contributed by atoms with Gasteiger partial charge in [0.05, 0.1) is 23.8 Å². The molecule has 8 heteroatoms. The minimum atomic E-state index is -0.572. The Hall–Kier alpha value is -4.06. The van der Waals surface area contributed by atoms with Crippen LogP contribution in [0.4, 0.5) is 5.69 Å². The van der Waals surface area contributed by atoms with E-state index in [9.17, 15) is 4.79 Å². The number of amides is 1. The summed E-state index contributed by atoms with van der Waals surface area (Å²) in [4.78, 5) is 19.2. The van der Waals surface area contributed by atoms with E-state index >= 15 is 0 Å². The van der Waals surface area contributed by atoms with Gasteiger partial charge in [-0.3, -0.25) is 19.8 Å². The van der Waals surface area contributed by atoms with Crippen molar-refractivity contribution >= 4 is 22.5 Å². The normalized spacial score (nSPS) is 16.4. The quantitative estimate of drug-likeness (QED) is 0.495. The Labute approximate surface area is 190 Å². The van der Waals surface area contributed by atoms with E-state index in [1.807, 2.05) is 48.5 Å². The molecule has 1 fully saturated rings. The molecule has 8 nitrogen and oxygen atoms in total. The first kappa shape index (κ1) is 20.8. The van der Waals surface area contributed by atoms with Crippen molar-refractivity contribution in [3.8, 4) is 17.3 Å². The number of fused-ring (bicyclic) bond motifs is 1. The number of carbonyl (C=O) groups excluding carboxylic acids is 1. The predicted octanol–water partition coefficient (Wildman–Crippen LogP) is 3.34. The van der Waals surface area contributed by atoms with Gasteiger partial charge in [-0.1, -0.05) is 12.1 Å². The number of rotatable bonds is 5. The van der Waals surface area contributed by atoms with Crippen molar-refractivity contribution in [3.63, 3.8) is 0 Å². The van der Waals surface area contributed by atoms with E-state index in [1.54, 1.807) is 18.5 Å². The van der Waals surface area contributed by atoms with E-state index in [1.165, 1.54) is 0 Å². The first-order chi connectivity index (χ1) is 16.2. The van der Waals surface area contributed by atoms with E-state index in [0.29, 0.717) is 30.9 Å². The molecule has 1 aliphatic rings. The van der Waals surface area contributed by atoms with Crippen LogP contribution in [0.15, 0.2) is 67.0 Å². The van der Waals surface area contributed by atoms with Crippen LogP contribution in [0.25, 0.3) is 22.2 Å². The van der Waals surface area contributed by atoms with Gasteiger partial charge in [0.15, 0.2) is 0 Å². The number of hydrogen-bond donors (Lipinski definition) is 2. The van der Waals surface area contributed by atoms with Crippen LogP contribution in [-0.4, -0.2) is 51.8 Å². The molecule has 33 heavy (non-hydrogen) atoms. The van der Waals surface area contributed by atoms with Crippen molar-refractivity contribution in [2.24, 2.45) is 0 Å². The Kier molecular flexibility index (Phi) is 5.81. The third-order valence-electron chi connectivity index (χ3n) is 5.69. The van der Waals surface area contributed by atoms with Crippen molar-refractivity contribution in [2.75, 3.05) is 25.0 Å². The highest BCUT2D eigenvalue weighted by Crippen LogP contribution is 2.28. The highest BCUT2D eigenvalue weighted by atomic mass is 16.5. The molecule has 1 saturated heterocycles. The zero-order valence-electron chi connectivity index (χ0n) is 17.9. The summed E-state index contributed by atoms with van der Waals surface area (Å²) in [6.07, 6.45) is 2.88. The van der Waals surface area contributed by atoms with Crippen molar-refractivity contribution in [1.29, 1.82) is 5.26 Å². The lowest BCUT2D eigenvalue weighted by Crippen LogP contribution is -2.47. The summed E-state index contributed by atoms with van der Waals surface area (Å²) >= 11 is 0. The number of pyridine rings is 1. The molecule has 1 unspecified atom stereocenters. The molecule has 0 saturated carbocycles. The van der Waals surface area contributed by atoms with E-state index in [4.69, 9.17) is 10.00 Å². The topological polar surface area (TPSA) is 107 Å². The Morgan fingerprint density at radius 1 is 1.21 bits per heavy atom. The summed E-state index contributed by atoms with van der Waals surface area (Å²) in [5, 5.41) is 20.5. The van der Waals surface area contributed by atoms with Crippen LogP contribution in [-0.2, 0) is 16.1 Å². The first-order valence-electron chi connectivity index (χ1n) is 10.7. The summed E-state index contributed by atoms with van der Waals surface area (Å²) in [6.45, 7) is 2.36. The number of benzene rings is 2. The van der Waals surface area contributed by atoms with E-state index in [-0.39, 0.29) is 5.91 Å². The number of hydrogen-bond acceptors (Lipinski definition) is 6. The van der Waals surface area contributed by atoms with Crippen LogP contribution in [0.2, 0.25) is 0 Å². The molecule has 2 aromatic carbocycles. The van der Waals surface area contributed by atoms with E-state index in [2.05, 4.69) is 31.5 Å². The van der Waals surface area contributed by atoms with Gasteiger partial charge in [0.1, 0.15) is 11.8 Å². The van der Waals surface area contributed by atoms with Crippen LogP contribution >= 0.6 is 0 Å². The average Bonchev–Trinajstić information content (AvgIpc) is 3.28. The minimum absolute atomic E-state index is 0.182. The third-order valence-corrected chi connectivity index (χ3v) is 5.69. The van der Waals surface area contributed by atoms with Crippen LogP contribution in [0.5, 0.6) is 0 Å². The fraction of sp³-hybridized carbons (Fsp3) is 0.200. The molecule has 2 N–H and O–H groups in total. The second-order valence-electron chi connectivity index (χ2n) is 7.96. The summed E-state index contributed by atoms with van der Waals surface area (Å²) in [5.74, 6) is -0.182. The van der Waals surface area contributed by atoms with Crippen molar-refractivity contribution in [3.05, 3.63) is 78.1 Å². The lowest BCUT2D eigenvalue weighted by molar-refractivity contribution is -0.133. The largest absolute Gasteiger partial charge is 0.366 e. The molecule has 0 spiro atoms. The number of H-pyrrole nitrogens is 1. The summed E-state index contributed by atoms with van der Waals surface area (Å²) < 4.78 is 5.76. The number of aromatic amines is 1. The molecule has 1 atom stereocenters. The predicted molar refractivity (Wildman–Crippen MR) is 124 cm³/mol. The SMILES string of the molecule is N#Cc1cccc(CN2CCOC(C(=O)Nc3ccc4[nH]nc(-c5ccncc5)c4c3)C2)c1. The van der Waals surface area contributed by atoms with Crippen molar-refractivity contribution in [1.82, 2.24) is 20.1 Å². The second kappa shape index (κ2) is 9.20. The fourth-order valence-corrected chi connectivity index (χ4v) is 4.05. The van der Waals surface area contributed by atoms with Crippen LogP contribution in [0.1, 0.15) is 11.1 Å². The number of morpholine rings is 1. The Balaban J connectivity index is 1.28. The maximum absolute atomic E-state index is 13.0. The molecule has 1 amide bonds. The lowest BCUT2D eigenvalue weighted by atomic mass is 10.1. The number of anilines is 1. The minimum Gasteiger partial charge on any atom is -0.366 e. The lowest BCUT2D eigenvalue weighted by Gasteiger charge is -2.32. The number of nitriles is 1. The molecule has 0 bridgehead atoms. The Morgan fingerprint density at radius 2 is 2.09 bits per heavy atom. The monoisotopic (exact) mass is 438 g/mol. The molecule has 5 rings (SSSR count). The number of nitrogens with zero attached hydrogens (tertiary/aromatic N) is 4. The molecule has 2 aromatic heterocycles. The molecule has 0 aliphatic carbocycles. The zero-order chi connectivity index (χ0) is 22.6. The van der Waals surface area contributed by atoms with Crippen LogP contribution in [0, 0.1) is 11.3 Å². The molecule has 0 radical (unpaired) electrons. The van der Waals surface area contributed by atoms with E-state index in [0.717, 1.165) is 34.3 Å². The van der Waals surface area contributed by atoms with Gasteiger partial charge in [0, 0.05) is 48.7 Å². The molecule has 1 aliphatic heterocycles. The molecule has 164 valence electrons. The summed E-state index contributed by atoms with van der Waals surface area (Å²) in [7, 11) is 0. The van der Waals surface area contributed by atoms with Crippen molar-refractivity contribution in [2.45, 2.75) is 12.6 Å². The number of carbonyl (C=O) groups is 1. The highest BCUT2D eigenvalue weighted by molar-refractivity contribution is 5.99. The van der Waals surface area contributed by atoms with Gasteiger partial charge in [-0.15, -0.1) is 0 Å². The maximum Gasteiger partial charge on any atom is 0.254 e. The molecule has 3 heterocycles. The van der Waals surface area contributed by atoms with Crippen LogP contribution < -0.4 is 5.32 Å². The number of nitrogens with one attached hydrogen (secondary N) is 2. The van der Waals surface area contributed by atoms with Gasteiger partial charge < -0.3 is 10.1 Å². The average molecular weight is 438 g/mol. The maximum atomic E-state index is 13.0. The van der Waals surface area contributed by atoms with Crippen molar-refractivity contribution < 1.29 is 9.53 Å². The van der Waals surface area contributed by atoms with Gasteiger partial charge in [0.2, 0.25) is 0 Å².